The molecule has 2 heterocycles. The Balaban J connectivity index is 1.61. The maximum atomic E-state index is 12.6. The third-order valence-electron chi connectivity index (χ3n) is 4.17. The van der Waals surface area contributed by atoms with Crippen LogP contribution in [-0.4, -0.2) is 26.3 Å². The Kier molecular flexibility index (Phi) is 3.62. The van der Waals surface area contributed by atoms with Crippen molar-refractivity contribution in [3.8, 4) is 5.75 Å². The average Bonchev–Trinajstić information content (AvgIpc) is 2.95. The molecule has 0 fully saturated rings. The SMILES string of the molecule is C[C@@H]1Oc2ccc(NS(=O)(=O)c3ccc4c(c3)CC(=O)N4)cc2NC1=O. The van der Waals surface area contributed by atoms with Crippen LogP contribution in [0.4, 0.5) is 17.1 Å². The lowest BCUT2D eigenvalue weighted by atomic mass is 10.2. The molecule has 2 aliphatic rings. The first-order chi connectivity index (χ1) is 12.3. The predicted molar refractivity (Wildman–Crippen MR) is 94.7 cm³/mol. The van der Waals surface area contributed by atoms with Crippen molar-refractivity contribution >= 4 is 38.9 Å². The van der Waals surface area contributed by atoms with Crippen LogP contribution in [0.15, 0.2) is 41.3 Å². The second-order valence-corrected chi connectivity index (χ2v) is 7.79. The van der Waals surface area contributed by atoms with E-state index in [2.05, 4.69) is 15.4 Å². The van der Waals surface area contributed by atoms with Gasteiger partial charge in [0, 0.05) is 5.69 Å². The Bertz CT molecular complexity index is 1050. The van der Waals surface area contributed by atoms with Crippen molar-refractivity contribution in [1.29, 1.82) is 0 Å². The van der Waals surface area contributed by atoms with E-state index in [1.807, 2.05) is 0 Å². The van der Waals surface area contributed by atoms with Crippen molar-refractivity contribution < 1.29 is 22.7 Å². The molecule has 0 spiro atoms. The summed E-state index contributed by atoms with van der Waals surface area (Å²) in [5.74, 6) is 0.0117. The van der Waals surface area contributed by atoms with Gasteiger partial charge in [0.15, 0.2) is 6.10 Å². The van der Waals surface area contributed by atoms with Gasteiger partial charge in [-0.25, -0.2) is 8.42 Å². The molecule has 0 radical (unpaired) electrons. The average molecular weight is 373 g/mol. The van der Waals surface area contributed by atoms with Gasteiger partial charge in [-0.2, -0.15) is 0 Å². The van der Waals surface area contributed by atoms with Crippen LogP contribution in [0, 0.1) is 0 Å². The van der Waals surface area contributed by atoms with Crippen molar-refractivity contribution in [3.05, 3.63) is 42.0 Å². The van der Waals surface area contributed by atoms with E-state index in [9.17, 15) is 18.0 Å². The van der Waals surface area contributed by atoms with E-state index in [-0.39, 0.29) is 28.8 Å². The molecular formula is C17H15N3O5S. The van der Waals surface area contributed by atoms with Crippen LogP contribution in [-0.2, 0) is 26.0 Å². The molecule has 26 heavy (non-hydrogen) atoms. The van der Waals surface area contributed by atoms with E-state index in [0.717, 1.165) is 0 Å². The summed E-state index contributed by atoms with van der Waals surface area (Å²) < 4.78 is 33.2. The van der Waals surface area contributed by atoms with E-state index >= 15 is 0 Å². The minimum Gasteiger partial charge on any atom is -0.479 e. The number of fused-ring (bicyclic) bond motifs is 2. The molecule has 8 nitrogen and oxygen atoms in total. The number of ether oxygens (including phenoxy) is 1. The van der Waals surface area contributed by atoms with Crippen molar-refractivity contribution in [3.63, 3.8) is 0 Å². The van der Waals surface area contributed by atoms with Gasteiger partial charge in [0.2, 0.25) is 5.91 Å². The fourth-order valence-corrected chi connectivity index (χ4v) is 3.96. The van der Waals surface area contributed by atoms with Gasteiger partial charge in [0.1, 0.15) is 5.75 Å². The highest BCUT2D eigenvalue weighted by molar-refractivity contribution is 7.92. The van der Waals surface area contributed by atoms with E-state index in [1.165, 1.54) is 18.2 Å². The first-order valence-electron chi connectivity index (χ1n) is 7.89. The number of rotatable bonds is 3. The molecule has 2 amide bonds. The van der Waals surface area contributed by atoms with Crippen LogP contribution in [0.2, 0.25) is 0 Å². The van der Waals surface area contributed by atoms with Gasteiger partial charge in [0.05, 0.1) is 22.7 Å². The molecule has 0 aliphatic carbocycles. The van der Waals surface area contributed by atoms with Crippen LogP contribution in [0.1, 0.15) is 12.5 Å². The molecule has 1 atom stereocenters. The van der Waals surface area contributed by atoms with Gasteiger partial charge < -0.3 is 15.4 Å². The smallest absolute Gasteiger partial charge is 0.265 e. The number of benzene rings is 2. The first-order valence-corrected chi connectivity index (χ1v) is 9.37. The minimum atomic E-state index is -3.85. The number of carbonyl (C=O) groups is 2. The highest BCUT2D eigenvalue weighted by atomic mass is 32.2. The molecule has 2 aliphatic heterocycles. The highest BCUT2D eigenvalue weighted by Gasteiger charge is 2.25. The fraction of sp³-hybridized carbons (Fsp3) is 0.176. The Morgan fingerprint density at radius 3 is 2.69 bits per heavy atom. The van der Waals surface area contributed by atoms with E-state index in [1.54, 1.807) is 25.1 Å². The molecule has 0 unspecified atom stereocenters. The Hall–Kier alpha value is -3.07. The summed E-state index contributed by atoms with van der Waals surface area (Å²) in [4.78, 5) is 23.2. The second kappa shape index (κ2) is 5.73. The number of nitrogens with one attached hydrogen (secondary N) is 3. The molecule has 0 saturated heterocycles. The molecular weight excluding hydrogens is 358 g/mol. The van der Waals surface area contributed by atoms with Crippen molar-refractivity contribution in [2.45, 2.75) is 24.3 Å². The maximum absolute atomic E-state index is 12.6. The van der Waals surface area contributed by atoms with Crippen LogP contribution < -0.4 is 20.1 Å². The van der Waals surface area contributed by atoms with E-state index in [4.69, 9.17) is 4.74 Å². The lowest BCUT2D eigenvalue weighted by molar-refractivity contribution is -0.122. The number of hydrogen-bond donors (Lipinski definition) is 3. The molecule has 0 bridgehead atoms. The van der Waals surface area contributed by atoms with Gasteiger partial charge >= 0.3 is 0 Å². The van der Waals surface area contributed by atoms with Gasteiger partial charge in [-0.3, -0.25) is 14.3 Å². The Labute approximate surface area is 149 Å². The van der Waals surface area contributed by atoms with Crippen LogP contribution in [0.25, 0.3) is 0 Å². The monoisotopic (exact) mass is 373 g/mol. The predicted octanol–water partition coefficient (Wildman–Crippen LogP) is 1.70. The van der Waals surface area contributed by atoms with Gasteiger partial charge in [-0.1, -0.05) is 0 Å². The van der Waals surface area contributed by atoms with Crippen molar-refractivity contribution in [1.82, 2.24) is 0 Å². The molecule has 0 aromatic heterocycles. The lowest BCUT2D eigenvalue weighted by Crippen LogP contribution is -2.34. The topological polar surface area (TPSA) is 114 Å². The van der Waals surface area contributed by atoms with E-state index < -0.39 is 16.1 Å². The minimum absolute atomic E-state index is 0.0550. The summed E-state index contributed by atoms with van der Waals surface area (Å²) in [6, 6.07) is 9.11. The van der Waals surface area contributed by atoms with Crippen LogP contribution in [0.3, 0.4) is 0 Å². The number of anilines is 3. The zero-order valence-electron chi connectivity index (χ0n) is 13.7. The van der Waals surface area contributed by atoms with Crippen molar-refractivity contribution in [2.24, 2.45) is 0 Å². The number of hydrogen-bond acceptors (Lipinski definition) is 5. The van der Waals surface area contributed by atoms with Gasteiger partial charge in [-0.15, -0.1) is 0 Å². The number of amides is 2. The van der Waals surface area contributed by atoms with Gasteiger partial charge in [0.25, 0.3) is 15.9 Å². The third kappa shape index (κ3) is 2.86. The maximum Gasteiger partial charge on any atom is 0.265 e. The molecule has 2 aromatic rings. The molecule has 4 rings (SSSR count). The Morgan fingerprint density at radius 2 is 1.88 bits per heavy atom. The molecule has 3 N–H and O–H groups in total. The van der Waals surface area contributed by atoms with Crippen LogP contribution in [0.5, 0.6) is 5.75 Å². The highest BCUT2D eigenvalue weighted by Crippen LogP contribution is 2.33. The summed E-state index contributed by atoms with van der Waals surface area (Å²) in [7, 11) is -3.85. The van der Waals surface area contributed by atoms with Crippen molar-refractivity contribution in [2.75, 3.05) is 15.4 Å². The first kappa shape index (κ1) is 16.4. The Morgan fingerprint density at radius 1 is 1.08 bits per heavy atom. The fourth-order valence-electron chi connectivity index (χ4n) is 2.86. The number of sulfonamides is 1. The summed E-state index contributed by atoms with van der Waals surface area (Å²) in [6.07, 6.45) is -0.452. The largest absolute Gasteiger partial charge is 0.479 e. The summed E-state index contributed by atoms with van der Waals surface area (Å²) in [6.45, 7) is 1.63. The molecule has 134 valence electrons. The normalized spacial score (nSPS) is 18.3. The zero-order valence-corrected chi connectivity index (χ0v) is 14.5. The molecule has 0 saturated carbocycles. The quantitative estimate of drug-likeness (QED) is 0.758. The second-order valence-electron chi connectivity index (χ2n) is 6.11. The summed E-state index contributed by atoms with van der Waals surface area (Å²) in [5.41, 5.74) is 1.95. The zero-order chi connectivity index (χ0) is 18.5. The molecule has 2 aromatic carbocycles. The number of carbonyl (C=O) groups excluding carboxylic acids is 2. The van der Waals surface area contributed by atoms with Gasteiger partial charge in [-0.05, 0) is 48.9 Å². The summed E-state index contributed by atoms with van der Waals surface area (Å²) in [5, 5.41) is 5.33. The summed E-state index contributed by atoms with van der Waals surface area (Å²) >= 11 is 0. The van der Waals surface area contributed by atoms with Crippen LogP contribution >= 0.6 is 0 Å². The third-order valence-corrected chi connectivity index (χ3v) is 5.55. The van der Waals surface area contributed by atoms with E-state index in [0.29, 0.717) is 22.7 Å². The standard InChI is InChI=1S/C17H15N3O5S/c1-9-17(22)19-14-8-11(2-5-15(14)25-9)20-26(23,24)12-3-4-13-10(6-12)7-16(21)18-13/h2-6,8-9,20H,7H2,1H3,(H,18,21)(H,19,22)/t9-/m0/s1. The molecule has 9 heteroatoms. The lowest BCUT2D eigenvalue weighted by Gasteiger charge is -2.23.